The van der Waals surface area contributed by atoms with Gasteiger partial charge in [0.25, 0.3) is 5.91 Å². The number of amides is 1. The van der Waals surface area contributed by atoms with Crippen molar-refractivity contribution in [3.63, 3.8) is 0 Å². The first kappa shape index (κ1) is 47.2. The van der Waals surface area contributed by atoms with Gasteiger partial charge in [0, 0.05) is 68.1 Å². The quantitative estimate of drug-likeness (QED) is 0.125. The molecule has 1 saturated heterocycles. The number of rotatable bonds is 19. The molecule has 3 N–H and O–H groups in total. The van der Waals surface area contributed by atoms with Gasteiger partial charge in [-0.1, -0.05) is 76.2 Å². The SMILES string of the molecule is CC(=O)[C@@H]1C([C@H](C)O)[C@H](CO)ON1Cc1cccc(-c2cc(C(=O)N[C@@H](Cc3ccccc3)CN(C)C)cc(N(C)C)c2)c1OCCN(C)CC1C[C@@H](C)CC(C)(C)[C@@H]1C. The number of ketones is 1. The number of para-hydroxylation sites is 1. The highest BCUT2D eigenvalue weighted by Crippen LogP contribution is 2.46. The number of aliphatic hydroxyl groups excluding tert-OH is 2. The van der Waals surface area contributed by atoms with Crippen LogP contribution in [-0.2, 0) is 22.6 Å². The van der Waals surface area contributed by atoms with E-state index in [9.17, 15) is 19.8 Å². The predicted octanol–water partition coefficient (Wildman–Crippen LogP) is 6.40. The van der Waals surface area contributed by atoms with Gasteiger partial charge in [-0.05, 0) is 107 Å². The predicted molar refractivity (Wildman–Crippen MR) is 241 cm³/mol. The molecule has 0 aromatic heterocycles. The average molecular weight is 828 g/mol. The molecule has 2 aliphatic rings. The minimum absolute atomic E-state index is 0.116. The van der Waals surface area contributed by atoms with Crippen LogP contribution < -0.4 is 15.0 Å². The van der Waals surface area contributed by atoms with E-state index in [0.29, 0.717) is 60.6 Å². The Morgan fingerprint density at radius 1 is 1.02 bits per heavy atom. The highest BCUT2D eigenvalue weighted by molar-refractivity contribution is 5.97. The minimum Gasteiger partial charge on any atom is -0.491 e. The molecule has 1 saturated carbocycles. The molecule has 8 atom stereocenters. The molecule has 1 aliphatic carbocycles. The van der Waals surface area contributed by atoms with Crippen molar-refractivity contribution >= 4 is 17.4 Å². The summed E-state index contributed by atoms with van der Waals surface area (Å²) in [6.07, 6.45) is 1.57. The number of anilines is 1. The van der Waals surface area contributed by atoms with Crippen LogP contribution in [0.15, 0.2) is 66.7 Å². The summed E-state index contributed by atoms with van der Waals surface area (Å²) in [4.78, 5) is 40.0. The van der Waals surface area contributed by atoms with Crippen molar-refractivity contribution < 1.29 is 29.4 Å². The van der Waals surface area contributed by atoms with Crippen LogP contribution in [0.4, 0.5) is 5.69 Å². The molecule has 1 aliphatic heterocycles. The smallest absolute Gasteiger partial charge is 0.251 e. The molecule has 2 fully saturated rings. The van der Waals surface area contributed by atoms with E-state index in [4.69, 9.17) is 9.57 Å². The van der Waals surface area contributed by atoms with E-state index >= 15 is 0 Å². The Bertz CT molecular complexity index is 1870. The minimum atomic E-state index is -0.873. The molecule has 2 unspecified atom stereocenters. The van der Waals surface area contributed by atoms with Crippen LogP contribution >= 0.6 is 0 Å². The van der Waals surface area contributed by atoms with Gasteiger partial charge in [-0.25, -0.2) is 0 Å². The number of benzene rings is 3. The number of hydrogen-bond acceptors (Lipinski definition) is 10. The molecule has 3 aromatic rings. The Hall–Kier alpha value is -3.84. The van der Waals surface area contributed by atoms with E-state index < -0.39 is 24.2 Å². The monoisotopic (exact) mass is 828 g/mol. The van der Waals surface area contributed by atoms with Gasteiger partial charge in [0.15, 0.2) is 0 Å². The molecule has 5 rings (SSSR count). The zero-order chi connectivity index (χ0) is 43.9. The number of ether oxygens (including phenoxy) is 1. The summed E-state index contributed by atoms with van der Waals surface area (Å²) in [5.74, 6) is 1.62. The van der Waals surface area contributed by atoms with Crippen molar-refractivity contribution in [3.8, 4) is 16.9 Å². The molecular formula is C49H73N5O6. The summed E-state index contributed by atoms with van der Waals surface area (Å²) in [5.41, 5.74) is 5.27. The first-order chi connectivity index (χ1) is 28.4. The lowest BCUT2D eigenvalue weighted by Crippen LogP contribution is -2.43. The Labute approximate surface area is 360 Å². The summed E-state index contributed by atoms with van der Waals surface area (Å²) in [5, 5.41) is 25.9. The number of Topliss-reactive ketones (excluding diaryl/α,β-unsaturated/α-hetero) is 1. The zero-order valence-corrected chi connectivity index (χ0v) is 38.1. The number of nitrogens with zero attached hydrogens (tertiary/aromatic N) is 4. The van der Waals surface area contributed by atoms with Gasteiger partial charge >= 0.3 is 0 Å². The molecule has 11 heteroatoms. The first-order valence-electron chi connectivity index (χ1n) is 21.9. The molecule has 3 aromatic carbocycles. The number of carbonyl (C=O) groups is 2. The number of nitrogens with one attached hydrogen (secondary N) is 1. The van der Waals surface area contributed by atoms with E-state index in [0.717, 1.165) is 34.5 Å². The summed E-state index contributed by atoms with van der Waals surface area (Å²) in [6, 6.07) is 21.2. The van der Waals surface area contributed by atoms with Crippen LogP contribution in [0.25, 0.3) is 11.1 Å². The summed E-state index contributed by atoms with van der Waals surface area (Å²) < 4.78 is 6.85. The number of likely N-dealkylation sites (N-methyl/N-ethyl adjacent to an activating group) is 2. The number of hydroxylamine groups is 2. The van der Waals surface area contributed by atoms with Crippen molar-refractivity contribution in [1.29, 1.82) is 0 Å². The fourth-order valence-corrected chi connectivity index (χ4v) is 9.80. The van der Waals surface area contributed by atoms with Crippen LogP contribution in [-0.4, -0.2) is 129 Å². The van der Waals surface area contributed by atoms with E-state index in [1.54, 1.807) is 12.0 Å². The second-order valence-electron chi connectivity index (χ2n) is 19.0. The second-order valence-corrected chi connectivity index (χ2v) is 19.0. The third-order valence-electron chi connectivity index (χ3n) is 13.0. The van der Waals surface area contributed by atoms with Crippen LogP contribution in [0.1, 0.15) is 75.9 Å². The van der Waals surface area contributed by atoms with Crippen LogP contribution in [0.5, 0.6) is 5.75 Å². The van der Waals surface area contributed by atoms with E-state index in [2.05, 4.69) is 68.1 Å². The number of carbonyl (C=O) groups excluding carboxylic acids is 2. The molecular weight excluding hydrogens is 755 g/mol. The third kappa shape index (κ3) is 12.0. The lowest BCUT2D eigenvalue weighted by Gasteiger charge is -2.46. The maximum absolute atomic E-state index is 14.2. The lowest BCUT2D eigenvalue weighted by atomic mass is 9.61. The summed E-state index contributed by atoms with van der Waals surface area (Å²) in [6.45, 7) is 15.4. The third-order valence-corrected chi connectivity index (χ3v) is 13.0. The Morgan fingerprint density at radius 2 is 1.73 bits per heavy atom. The molecule has 1 heterocycles. The van der Waals surface area contributed by atoms with Crippen LogP contribution in [0.2, 0.25) is 0 Å². The van der Waals surface area contributed by atoms with Crippen molar-refractivity contribution in [2.75, 3.05) is 73.0 Å². The van der Waals surface area contributed by atoms with Crippen molar-refractivity contribution in [2.24, 2.45) is 29.1 Å². The van der Waals surface area contributed by atoms with E-state index in [1.165, 1.54) is 19.8 Å². The summed E-state index contributed by atoms with van der Waals surface area (Å²) in [7, 11) is 10.1. The molecule has 0 radical (unpaired) electrons. The van der Waals surface area contributed by atoms with E-state index in [1.807, 2.05) is 81.6 Å². The second kappa shape index (κ2) is 20.8. The van der Waals surface area contributed by atoms with Gasteiger partial charge < -0.3 is 35.0 Å². The molecule has 0 bridgehead atoms. The standard InChI is InChI=1S/C49H73N5O6/c1-32-22-40(33(2)49(5,6)27-32)28-53(11)20-21-59-47-37(29-54-46(35(4)57)45(34(3)56)44(31-55)60-54)18-15-19-43(47)38-24-39(26-42(25-38)52(9)10)48(58)50-41(30-51(7)8)23-36-16-13-12-14-17-36/h12-19,24-26,32-34,40-41,44-46,55-56H,20-23,27-31H2,1-11H3,(H,50,58)/t32-,33-,34+,40?,41+,44+,45?,46-/m1/s1. The highest BCUT2D eigenvalue weighted by Gasteiger charge is 2.48. The number of hydrogen-bond donors (Lipinski definition) is 3. The van der Waals surface area contributed by atoms with Crippen molar-refractivity contribution in [1.82, 2.24) is 20.2 Å². The fourth-order valence-electron chi connectivity index (χ4n) is 9.80. The maximum Gasteiger partial charge on any atom is 0.251 e. The van der Waals surface area contributed by atoms with Gasteiger partial charge in [0.2, 0.25) is 0 Å². The number of aliphatic hydroxyl groups is 2. The van der Waals surface area contributed by atoms with Gasteiger partial charge in [-0.2, -0.15) is 5.06 Å². The highest BCUT2D eigenvalue weighted by atomic mass is 16.7. The normalized spacial score (nSPS) is 24.1. The van der Waals surface area contributed by atoms with Crippen molar-refractivity contribution in [3.05, 3.63) is 83.4 Å². The molecule has 330 valence electrons. The van der Waals surface area contributed by atoms with Crippen LogP contribution in [0.3, 0.4) is 0 Å². The average Bonchev–Trinajstić information content (AvgIpc) is 3.56. The molecule has 60 heavy (non-hydrogen) atoms. The molecule has 1 amide bonds. The van der Waals surface area contributed by atoms with Crippen LogP contribution in [0, 0.1) is 29.1 Å². The van der Waals surface area contributed by atoms with Crippen molar-refractivity contribution in [2.45, 2.75) is 91.6 Å². The van der Waals surface area contributed by atoms with Gasteiger partial charge in [0.1, 0.15) is 30.3 Å². The maximum atomic E-state index is 14.2. The topological polar surface area (TPSA) is 118 Å². The Morgan fingerprint density at radius 3 is 2.37 bits per heavy atom. The largest absolute Gasteiger partial charge is 0.491 e. The molecule has 0 spiro atoms. The Balaban J connectivity index is 1.49. The van der Waals surface area contributed by atoms with Gasteiger partial charge in [-0.15, -0.1) is 0 Å². The molecule has 11 nitrogen and oxygen atoms in total. The Kier molecular flexibility index (Phi) is 16.4. The lowest BCUT2D eigenvalue weighted by molar-refractivity contribution is -0.180. The zero-order valence-electron chi connectivity index (χ0n) is 38.1. The summed E-state index contributed by atoms with van der Waals surface area (Å²) >= 11 is 0. The van der Waals surface area contributed by atoms with Gasteiger partial charge in [0.05, 0.1) is 19.3 Å². The van der Waals surface area contributed by atoms with Gasteiger partial charge in [-0.3, -0.25) is 14.4 Å². The first-order valence-corrected chi connectivity index (χ1v) is 21.9. The fraction of sp³-hybridized carbons (Fsp3) is 0.592. The van der Waals surface area contributed by atoms with E-state index in [-0.39, 0.29) is 30.9 Å².